The van der Waals surface area contributed by atoms with E-state index in [9.17, 15) is 0 Å². The summed E-state index contributed by atoms with van der Waals surface area (Å²) in [7, 11) is 0. The van der Waals surface area contributed by atoms with Crippen molar-refractivity contribution in [3.63, 3.8) is 0 Å². The van der Waals surface area contributed by atoms with Gasteiger partial charge in [-0.3, -0.25) is 0 Å². The minimum Gasteiger partial charge on any atom is -0.456 e. The van der Waals surface area contributed by atoms with E-state index in [2.05, 4.69) is 72.8 Å². The van der Waals surface area contributed by atoms with Gasteiger partial charge in [-0.15, -0.1) is 0 Å². The number of aromatic nitrogens is 2. The van der Waals surface area contributed by atoms with E-state index in [1.54, 1.807) is 0 Å². The maximum absolute atomic E-state index is 6.04. The Bertz CT molecular complexity index is 1830. The first kappa shape index (κ1) is 19.7. The summed E-state index contributed by atoms with van der Waals surface area (Å²) in [6.45, 7) is 0. The van der Waals surface area contributed by atoms with Gasteiger partial charge in [0.1, 0.15) is 11.2 Å². The molecule has 0 saturated carbocycles. The molecule has 3 heteroatoms. The Morgan fingerprint density at radius 3 is 1.91 bits per heavy atom. The molecule has 0 saturated heterocycles. The first-order chi connectivity index (χ1) is 17.3. The second kappa shape index (κ2) is 7.93. The SMILES string of the molecule is c1ccc(-c2ccc(-c3nc(-c4ccc5oc6ccccc6c5c4)c4ccccc4n3)cc2)cc1. The van der Waals surface area contributed by atoms with Crippen LogP contribution in [0.15, 0.2) is 126 Å². The van der Waals surface area contributed by atoms with Crippen LogP contribution in [0, 0.1) is 0 Å². The van der Waals surface area contributed by atoms with Gasteiger partial charge in [0.05, 0.1) is 11.2 Å². The van der Waals surface area contributed by atoms with Crippen molar-refractivity contribution < 1.29 is 4.42 Å². The zero-order valence-electron chi connectivity index (χ0n) is 18.8. The van der Waals surface area contributed by atoms with E-state index in [0.717, 1.165) is 55.5 Å². The van der Waals surface area contributed by atoms with Gasteiger partial charge in [0, 0.05) is 27.3 Å². The van der Waals surface area contributed by atoms with Gasteiger partial charge < -0.3 is 4.42 Å². The van der Waals surface area contributed by atoms with Crippen LogP contribution in [0.4, 0.5) is 0 Å². The number of benzene rings is 5. The summed E-state index contributed by atoms with van der Waals surface area (Å²) in [6, 6.07) is 41.5. The molecule has 5 aromatic carbocycles. The number of para-hydroxylation sites is 2. The van der Waals surface area contributed by atoms with Crippen LogP contribution in [0.5, 0.6) is 0 Å². The fourth-order valence-electron chi connectivity index (χ4n) is 4.74. The summed E-state index contributed by atoms with van der Waals surface area (Å²) >= 11 is 0. The van der Waals surface area contributed by atoms with Crippen molar-refractivity contribution in [3.8, 4) is 33.8 Å². The average molecular weight is 449 g/mol. The van der Waals surface area contributed by atoms with Crippen LogP contribution in [0.25, 0.3) is 66.6 Å². The second-order valence-corrected chi connectivity index (χ2v) is 8.67. The summed E-state index contributed by atoms with van der Waals surface area (Å²) < 4.78 is 6.04. The number of rotatable bonds is 3. The van der Waals surface area contributed by atoms with E-state index in [-0.39, 0.29) is 0 Å². The highest BCUT2D eigenvalue weighted by atomic mass is 16.3. The number of furan rings is 1. The second-order valence-electron chi connectivity index (χ2n) is 8.67. The standard InChI is InChI=1S/C32H20N2O/c1-2-8-21(9-3-1)22-14-16-23(17-15-22)32-33-28-12-6-4-11-26(28)31(34-32)24-18-19-30-27(20-24)25-10-5-7-13-29(25)35-30/h1-20H. The Hall–Kier alpha value is -4.76. The van der Waals surface area contributed by atoms with Crippen molar-refractivity contribution in [2.45, 2.75) is 0 Å². The van der Waals surface area contributed by atoms with E-state index in [4.69, 9.17) is 14.4 Å². The van der Waals surface area contributed by atoms with Crippen molar-refractivity contribution in [3.05, 3.63) is 121 Å². The van der Waals surface area contributed by atoms with Crippen molar-refractivity contribution >= 4 is 32.8 Å². The maximum atomic E-state index is 6.04. The molecule has 164 valence electrons. The third-order valence-corrected chi connectivity index (χ3v) is 6.50. The predicted octanol–water partition coefficient (Wildman–Crippen LogP) is 8.53. The number of hydrogen-bond acceptors (Lipinski definition) is 3. The number of hydrogen-bond donors (Lipinski definition) is 0. The Balaban J connectivity index is 1.39. The molecule has 0 spiro atoms. The lowest BCUT2D eigenvalue weighted by molar-refractivity contribution is 0.669. The van der Waals surface area contributed by atoms with E-state index in [1.165, 1.54) is 11.1 Å². The third-order valence-electron chi connectivity index (χ3n) is 6.50. The van der Waals surface area contributed by atoms with Crippen LogP contribution in [0.2, 0.25) is 0 Å². The van der Waals surface area contributed by atoms with E-state index in [0.29, 0.717) is 0 Å². The summed E-state index contributed by atoms with van der Waals surface area (Å²) in [6.07, 6.45) is 0. The molecule has 0 radical (unpaired) electrons. The van der Waals surface area contributed by atoms with Crippen molar-refractivity contribution in [1.29, 1.82) is 0 Å². The van der Waals surface area contributed by atoms with Gasteiger partial charge in [0.2, 0.25) is 0 Å². The molecule has 3 nitrogen and oxygen atoms in total. The highest BCUT2D eigenvalue weighted by Gasteiger charge is 2.14. The normalized spacial score (nSPS) is 11.4. The van der Waals surface area contributed by atoms with Gasteiger partial charge >= 0.3 is 0 Å². The topological polar surface area (TPSA) is 38.9 Å². The van der Waals surface area contributed by atoms with Gasteiger partial charge in [-0.1, -0.05) is 91.0 Å². The highest BCUT2D eigenvalue weighted by Crippen LogP contribution is 2.35. The fraction of sp³-hybridized carbons (Fsp3) is 0. The molecular formula is C32H20N2O. The molecule has 0 aliphatic carbocycles. The summed E-state index contributed by atoms with van der Waals surface area (Å²) in [5, 5.41) is 3.23. The quantitative estimate of drug-likeness (QED) is 0.272. The average Bonchev–Trinajstić information content (AvgIpc) is 3.31. The summed E-state index contributed by atoms with van der Waals surface area (Å²) in [5.41, 5.74) is 8.03. The van der Waals surface area contributed by atoms with E-state index >= 15 is 0 Å². The predicted molar refractivity (Wildman–Crippen MR) is 143 cm³/mol. The largest absolute Gasteiger partial charge is 0.456 e. The molecule has 0 atom stereocenters. The Morgan fingerprint density at radius 2 is 1.06 bits per heavy atom. The lowest BCUT2D eigenvalue weighted by Gasteiger charge is -2.10. The molecule has 0 amide bonds. The zero-order chi connectivity index (χ0) is 23.2. The van der Waals surface area contributed by atoms with E-state index < -0.39 is 0 Å². The van der Waals surface area contributed by atoms with Crippen LogP contribution in [-0.2, 0) is 0 Å². The number of nitrogens with zero attached hydrogens (tertiary/aromatic N) is 2. The van der Waals surface area contributed by atoms with Crippen LogP contribution in [0.1, 0.15) is 0 Å². The molecule has 2 aromatic heterocycles. The molecule has 0 unspecified atom stereocenters. The number of fused-ring (bicyclic) bond motifs is 4. The fourth-order valence-corrected chi connectivity index (χ4v) is 4.74. The minimum absolute atomic E-state index is 0.718. The van der Waals surface area contributed by atoms with Gasteiger partial charge in [-0.25, -0.2) is 9.97 Å². The third kappa shape index (κ3) is 3.37. The molecule has 35 heavy (non-hydrogen) atoms. The Kier molecular flexibility index (Phi) is 4.46. The molecule has 7 aromatic rings. The highest BCUT2D eigenvalue weighted by molar-refractivity contribution is 6.07. The maximum Gasteiger partial charge on any atom is 0.160 e. The van der Waals surface area contributed by atoms with Crippen LogP contribution in [0.3, 0.4) is 0 Å². The first-order valence-corrected chi connectivity index (χ1v) is 11.7. The van der Waals surface area contributed by atoms with Crippen molar-refractivity contribution in [2.75, 3.05) is 0 Å². The monoisotopic (exact) mass is 448 g/mol. The lowest BCUT2D eigenvalue weighted by atomic mass is 10.0. The molecule has 0 bridgehead atoms. The van der Waals surface area contributed by atoms with Crippen molar-refractivity contribution in [1.82, 2.24) is 9.97 Å². The molecule has 0 aliphatic heterocycles. The van der Waals surface area contributed by atoms with Gasteiger partial charge in [0.15, 0.2) is 5.82 Å². The molecular weight excluding hydrogens is 428 g/mol. The van der Waals surface area contributed by atoms with Crippen LogP contribution in [-0.4, -0.2) is 9.97 Å². The summed E-state index contributed by atoms with van der Waals surface area (Å²) in [5.74, 6) is 0.718. The molecule has 0 N–H and O–H groups in total. The van der Waals surface area contributed by atoms with E-state index in [1.807, 2.05) is 48.5 Å². The lowest BCUT2D eigenvalue weighted by Crippen LogP contribution is -1.95. The molecule has 0 aliphatic rings. The molecule has 0 fully saturated rings. The van der Waals surface area contributed by atoms with Crippen molar-refractivity contribution in [2.24, 2.45) is 0 Å². The van der Waals surface area contributed by atoms with Gasteiger partial charge in [-0.2, -0.15) is 0 Å². The van der Waals surface area contributed by atoms with Gasteiger partial charge in [0.25, 0.3) is 0 Å². The summed E-state index contributed by atoms with van der Waals surface area (Å²) in [4.78, 5) is 9.98. The van der Waals surface area contributed by atoms with Crippen LogP contribution < -0.4 is 0 Å². The zero-order valence-corrected chi connectivity index (χ0v) is 18.8. The Morgan fingerprint density at radius 1 is 0.429 bits per heavy atom. The smallest absolute Gasteiger partial charge is 0.160 e. The van der Waals surface area contributed by atoms with Gasteiger partial charge in [-0.05, 0) is 41.5 Å². The van der Waals surface area contributed by atoms with Crippen LogP contribution >= 0.6 is 0 Å². The minimum atomic E-state index is 0.718. The first-order valence-electron chi connectivity index (χ1n) is 11.7. The molecule has 2 heterocycles. The molecule has 7 rings (SSSR count). The Labute approximate surface area is 202 Å².